The fourth-order valence-electron chi connectivity index (χ4n) is 2.18. The van der Waals surface area contributed by atoms with E-state index in [0.717, 1.165) is 10.5 Å². The minimum atomic E-state index is -0.271. The quantitative estimate of drug-likeness (QED) is 0.368. The van der Waals surface area contributed by atoms with Crippen molar-refractivity contribution in [3.05, 3.63) is 69.8 Å². The smallest absolute Gasteiger partial charge is 0.220 e. The maximum atomic E-state index is 11.0. The van der Waals surface area contributed by atoms with Crippen LogP contribution in [0.4, 0.5) is 5.69 Å². The molecule has 0 aliphatic carbocycles. The first kappa shape index (κ1) is 16.4. The van der Waals surface area contributed by atoms with Crippen LogP contribution in [0, 0.1) is 10.1 Å². The SMILES string of the molecule is CC(C)c1ccc([C@@H](C[N+](=O)[O-])Sc2ccccc2N)cc1. The molecule has 0 fully saturated rings. The van der Waals surface area contributed by atoms with Crippen LogP contribution < -0.4 is 5.73 Å². The summed E-state index contributed by atoms with van der Waals surface area (Å²) in [5, 5.41) is 10.7. The first-order valence-electron chi connectivity index (χ1n) is 7.20. The number of rotatable bonds is 6. The summed E-state index contributed by atoms with van der Waals surface area (Å²) >= 11 is 1.44. The molecule has 2 aromatic rings. The van der Waals surface area contributed by atoms with Gasteiger partial charge in [0.05, 0.1) is 5.25 Å². The fourth-order valence-corrected chi connectivity index (χ4v) is 3.34. The summed E-state index contributed by atoms with van der Waals surface area (Å²) in [6.07, 6.45) is 0. The van der Waals surface area contributed by atoms with E-state index in [1.54, 1.807) is 0 Å². The van der Waals surface area contributed by atoms with Gasteiger partial charge in [-0.3, -0.25) is 10.1 Å². The molecule has 0 aliphatic heterocycles. The van der Waals surface area contributed by atoms with Gasteiger partial charge < -0.3 is 5.73 Å². The Morgan fingerprint density at radius 2 is 1.68 bits per heavy atom. The van der Waals surface area contributed by atoms with Crippen LogP contribution in [-0.4, -0.2) is 11.5 Å². The van der Waals surface area contributed by atoms with Crippen molar-refractivity contribution >= 4 is 17.4 Å². The first-order chi connectivity index (χ1) is 10.5. The van der Waals surface area contributed by atoms with Gasteiger partial charge in [0.15, 0.2) is 0 Å². The third-order valence-electron chi connectivity index (χ3n) is 3.48. The van der Waals surface area contributed by atoms with Crippen molar-refractivity contribution in [1.82, 2.24) is 0 Å². The van der Waals surface area contributed by atoms with Crippen LogP contribution in [0.3, 0.4) is 0 Å². The highest BCUT2D eigenvalue weighted by Crippen LogP contribution is 2.38. The molecular formula is C17H20N2O2S. The van der Waals surface area contributed by atoms with E-state index in [1.165, 1.54) is 17.3 Å². The number of anilines is 1. The lowest BCUT2D eigenvalue weighted by Crippen LogP contribution is -2.10. The van der Waals surface area contributed by atoms with Crippen LogP contribution in [0.5, 0.6) is 0 Å². The van der Waals surface area contributed by atoms with E-state index >= 15 is 0 Å². The Kier molecular flexibility index (Phi) is 5.44. The van der Waals surface area contributed by atoms with Gasteiger partial charge >= 0.3 is 0 Å². The molecule has 2 N–H and O–H groups in total. The van der Waals surface area contributed by atoms with E-state index in [2.05, 4.69) is 13.8 Å². The molecule has 0 saturated heterocycles. The topological polar surface area (TPSA) is 69.2 Å². The van der Waals surface area contributed by atoms with Crippen LogP contribution in [0.15, 0.2) is 53.4 Å². The highest BCUT2D eigenvalue weighted by Gasteiger charge is 2.20. The van der Waals surface area contributed by atoms with Crippen molar-refractivity contribution in [1.29, 1.82) is 0 Å². The number of nitrogens with zero attached hydrogens (tertiary/aromatic N) is 1. The Labute approximate surface area is 134 Å². The Morgan fingerprint density at radius 1 is 1.09 bits per heavy atom. The summed E-state index contributed by atoms with van der Waals surface area (Å²) in [6.45, 7) is 4.13. The molecule has 0 radical (unpaired) electrons. The maximum Gasteiger partial charge on any atom is 0.220 e. The van der Waals surface area contributed by atoms with Gasteiger partial charge in [-0.2, -0.15) is 0 Å². The van der Waals surface area contributed by atoms with Gasteiger partial charge in [-0.1, -0.05) is 50.2 Å². The summed E-state index contributed by atoms with van der Waals surface area (Å²) in [6, 6.07) is 15.5. The molecule has 0 spiro atoms. The lowest BCUT2D eigenvalue weighted by molar-refractivity contribution is -0.479. The largest absolute Gasteiger partial charge is 0.398 e. The zero-order valence-electron chi connectivity index (χ0n) is 12.7. The molecule has 116 valence electrons. The molecule has 0 aromatic heterocycles. The first-order valence-corrected chi connectivity index (χ1v) is 8.08. The molecule has 0 unspecified atom stereocenters. The number of nitro groups is 1. The highest BCUT2D eigenvalue weighted by molar-refractivity contribution is 7.99. The second kappa shape index (κ2) is 7.31. The van der Waals surface area contributed by atoms with Crippen LogP contribution in [0.25, 0.3) is 0 Å². The van der Waals surface area contributed by atoms with Gasteiger partial charge in [0.2, 0.25) is 6.54 Å². The monoisotopic (exact) mass is 316 g/mol. The summed E-state index contributed by atoms with van der Waals surface area (Å²) in [7, 11) is 0. The fraction of sp³-hybridized carbons (Fsp3) is 0.294. The lowest BCUT2D eigenvalue weighted by Gasteiger charge is -2.15. The van der Waals surface area contributed by atoms with Crippen molar-refractivity contribution in [2.45, 2.75) is 29.9 Å². The standard InChI is InChI=1S/C17H20N2O2S/c1-12(2)13-7-9-14(10-8-13)17(11-19(20)21)22-16-6-4-3-5-15(16)18/h3-10,12,17H,11,18H2,1-2H3/t17-/m1/s1. The van der Waals surface area contributed by atoms with Crippen molar-refractivity contribution in [2.24, 2.45) is 0 Å². The minimum absolute atomic E-state index is 0.125. The van der Waals surface area contributed by atoms with Gasteiger partial charge in [-0.05, 0) is 29.2 Å². The number of para-hydroxylation sites is 1. The number of nitrogen functional groups attached to an aromatic ring is 1. The van der Waals surface area contributed by atoms with E-state index in [4.69, 9.17) is 5.73 Å². The number of benzene rings is 2. The van der Waals surface area contributed by atoms with Gasteiger partial charge in [0, 0.05) is 15.5 Å². The van der Waals surface area contributed by atoms with Crippen molar-refractivity contribution in [3.63, 3.8) is 0 Å². The number of hydrogen-bond acceptors (Lipinski definition) is 4. The normalized spacial score (nSPS) is 12.3. The van der Waals surface area contributed by atoms with Crippen LogP contribution in [0.2, 0.25) is 0 Å². The molecule has 2 rings (SSSR count). The predicted molar refractivity (Wildman–Crippen MR) is 91.8 cm³/mol. The average molecular weight is 316 g/mol. The van der Waals surface area contributed by atoms with Gasteiger partial charge in [-0.15, -0.1) is 11.8 Å². The zero-order valence-corrected chi connectivity index (χ0v) is 13.5. The Balaban J connectivity index is 2.26. The van der Waals surface area contributed by atoms with Crippen LogP contribution in [0.1, 0.15) is 36.1 Å². The molecule has 1 atom stereocenters. The van der Waals surface area contributed by atoms with Gasteiger partial charge in [0.25, 0.3) is 0 Å². The van der Waals surface area contributed by atoms with E-state index in [0.29, 0.717) is 11.6 Å². The minimum Gasteiger partial charge on any atom is -0.398 e. The molecule has 0 amide bonds. The third-order valence-corrected chi connectivity index (χ3v) is 4.81. The summed E-state index contributed by atoms with van der Waals surface area (Å²) < 4.78 is 0. The number of hydrogen-bond donors (Lipinski definition) is 1. The second-order valence-electron chi connectivity index (χ2n) is 5.48. The van der Waals surface area contributed by atoms with Gasteiger partial charge in [-0.25, -0.2) is 0 Å². The molecule has 0 heterocycles. The Bertz CT molecular complexity index is 641. The van der Waals surface area contributed by atoms with E-state index in [9.17, 15) is 10.1 Å². The number of thioether (sulfide) groups is 1. The summed E-state index contributed by atoms with van der Waals surface area (Å²) in [5.74, 6) is 0.445. The zero-order chi connectivity index (χ0) is 16.1. The van der Waals surface area contributed by atoms with E-state index < -0.39 is 0 Å². The van der Waals surface area contributed by atoms with Crippen molar-refractivity contribution in [2.75, 3.05) is 12.3 Å². The molecule has 0 bridgehead atoms. The molecule has 2 aromatic carbocycles. The highest BCUT2D eigenvalue weighted by atomic mass is 32.2. The number of nitrogens with two attached hydrogens (primary N) is 1. The van der Waals surface area contributed by atoms with Crippen LogP contribution in [-0.2, 0) is 0 Å². The average Bonchev–Trinajstić information content (AvgIpc) is 2.48. The molecular weight excluding hydrogens is 296 g/mol. The predicted octanol–water partition coefficient (Wildman–Crippen LogP) is 4.50. The molecule has 5 heteroatoms. The van der Waals surface area contributed by atoms with Gasteiger partial charge in [0.1, 0.15) is 0 Å². The molecule has 0 aliphatic rings. The lowest BCUT2D eigenvalue weighted by atomic mass is 10.0. The van der Waals surface area contributed by atoms with Crippen molar-refractivity contribution < 1.29 is 4.92 Å². The summed E-state index contributed by atoms with van der Waals surface area (Å²) in [5.41, 5.74) is 8.79. The summed E-state index contributed by atoms with van der Waals surface area (Å²) in [4.78, 5) is 11.6. The third kappa shape index (κ3) is 4.24. The van der Waals surface area contributed by atoms with E-state index in [1.807, 2.05) is 48.5 Å². The van der Waals surface area contributed by atoms with E-state index in [-0.39, 0.29) is 16.7 Å². The maximum absolute atomic E-state index is 11.0. The second-order valence-corrected chi connectivity index (χ2v) is 6.73. The molecule has 4 nitrogen and oxygen atoms in total. The van der Waals surface area contributed by atoms with Crippen LogP contribution >= 0.6 is 11.8 Å². The molecule has 0 saturated carbocycles. The Morgan fingerprint density at radius 3 is 2.23 bits per heavy atom. The Hall–Kier alpha value is -2.01. The van der Waals surface area contributed by atoms with Crippen molar-refractivity contribution in [3.8, 4) is 0 Å². The molecule has 22 heavy (non-hydrogen) atoms.